The first-order chi connectivity index (χ1) is 7.81. The molecular weight excluding hydrogens is 206 g/mol. The first-order valence-electron chi connectivity index (χ1n) is 5.08. The van der Waals surface area contributed by atoms with Crippen molar-refractivity contribution >= 4 is 17.1 Å². The Morgan fingerprint density at radius 1 is 1.44 bits per heavy atom. The van der Waals surface area contributed by atoms with E-state index < -0.39 is 6.09 Å². The molecule has 0 spiro atoms. The number of methoxy groups -OCH3 is 1. The number of benzene rings is 1. The van der Waals surface area contributed by atoms with E-state index in [9.17, 15) is 4.79 Å². The minimum Gasteiger partial charge on any atom is -0.464 e. The lowest BCUT2D eigenvalue weighted by Crippen LogP contribution is -2.25. The highest BCUT2D eigenvalue weighted by Crippen LogP contribution is 2.20. The van der Waals surface area contributed by atoms with Crippen LogP contribution in [0.1, 0.15) is 5.56 Å². The van der Waals surface area contributed by atoms with Gasteiger partial charge in [0.1, 0.15) is 5.58 Å². The van der Waals surface area contributed by atoms with Crippen molar-refractivity contribution in [1.29, 1.82) is 0 Å². The number of alkyl carbamates (subject to hydrolysis) is 1. The van der Waals surface area contributed by atoms with E-state index in [-0.39, 0.29) is 0 Å². The average molecular weight is 219 g/mol. The first kappa shape index (κ1) is 10.5. The zero-order valence-electron chi connectivity index (χ0n) is 9.03. The number of para-hydroxylation sites is 1. The molecule has 1 N–H and O–H groups in total. The number of ether oxygens (including phenoxy) is 1. The molecule has 0 radical (unpaired) electrons. The number of hydrogen-bond donors (Lipinski definition) is 1. The third kappa shape index (κ3) is 2.16. The molecule has 1 aromatic carbocycles. The van der Waals surface area contributed by atoms with Crippen molar-refractivity contribution in [3.63, 3.8) is 0 Å². The molecule has 2 rings (SSSR count). The molecular formula is C12H13NO3. The number of fused-ring (bicyclic) bond motifs is 1. The molecule has 4 nitrogen and oxygen atoms in total. The lowest BCUT2D eigenvalue weighted by molar-refractivity contribution is 0.171. The summed E-state index contributed by atoms with van der Waals surface area (Å²) >= 11 is 0. The molecule has 4 heteroatoms. The maximum absolute atomic E-state index is 10.8. The number of carbonyl (C=O) groups excluding carboxylic acids is 1. The fourth-order valence-corrected chi connectivity index (χ4v) is 1.60. The molecule has 2 aromatic rings. The molecule has 0 aliphatic heterocycles. The van der Waals surface area contributed by atoms with Gasteiger partial charge in [-0.2, -0.15) is 0 Å². The molecule has 1 heterocycles. The molecule has 0 fully saturated rings. The van der Waals surface area contributed by atoms with E-state index in [0.29, 0.717) is 6.54 Å². The number of furan rings is 1. The summed E-state index contributed by atoms with van der Waals surface area (Å²) in [6.07, 6.45) is 2.04. The van der Waals surface area contributed by atoms with Crippen LogP contribution in [-0.2, 0) is 11.2 Å². The van der Waals surface area contributed by atoms with Gasteiger partial charge in [-0.25, -0.2) is 4.79 Å². The van der Waals surface area contributed by atoms with Gasteiger partial charge in [0.15, 0.2) is 0 Å². The van der Waals surface area contributed by atoms with Crippen molar-refractivity contribution < 1.29 is 13.9 Å². The highest BCUT2D eigenvalue weighted by Gasteiger charge is 2.05. The summed E-state index contributed by atoms with van der Waals surface area (Å²) in [6, 6.07) is 7.83. The molecule has 1 amide bonds. The van der Waals surface area contributed by atoms with Crippen molar-refractivity contribution in [2.75, 3.05) is 13.7 Å². The lowest BCUT2D eigenvalue weighted by atomic mass is 10.1. The Balaban J connectivity index is 2.02. The van der Waals surface area contributed by atoms with Crippen molar-refractivity contribution in [2.45, 2.75) is 6.42 Å². The molecule has 0 aliphatic carbocycles. The monoisotopic (exact) mass is 219 g/mol. The summed E-state index contributed by atoms with van der Waals surface area (Å²) in [6.45, 7) is 0.538. The number of hydrogen-bond acceptors (Lipinski definition) is 3. The van der Waals surface area contributed by atoms with Crippen LogP contribution in [0.3, 0.4) is 0 Å². The van der Waals surface area contributed by atoms with Gasteiger partial charge >= 0.3 is 6.09 Å². The fraction of sp³-hybridized carbons (Fsp3) is 0.250. The van der Waals surface area contributed by atoms with Gasteiger partial charge in [0.25, 0.3) is 0 Å². The van der Waals surface area contributed by atoms with Gasteiger partial charge in [0, 0.05) is 11.9 Å². The fourth-order valence-electron chi connectivity index (χ4n) is 1.60. The van der Waals surface area contributed by atoms with Crippen LogP contribution in [0.4, 0.5) is 4.79 Å². The molecule has 0 saturated carbocycles. The Morgan fingerprint density at radius 3 is 3.06 bits per heavy atom. The molecule has 84 valence electrons. The van der Waals surface area contributed by atoms with Gasteiger partial charge < -0.3 is 14.5 Å². The molecule has 0 aliphatic rings. The summed E-state index contributed by atoms with van der Waals surface area (Å²) in [4.78, 5) is 10.8. The summed E-state index contributed by atoms with van der Waals surface area (Å²) < 4.78 is 9.87. The standard InChI is InChI=1S/C12H13NO3/c1-15-12(14)13-7-6-9-8-16-11-5-3-2-4-10(9)11/h2-5,8H,6-7H2,1H3,(H,13,14). The van der Waals surface area contributed by atoms with E-state index >= 15 is 0 Å². The van der Waals surface area contributed by atoms with Gasteiger partial charge in [-0.1, -0.05) is 18.2 Å². The smallest absolute Gasteiger partial charge is 0.406 e. The zero-order valence-corrected chi connectivity index (χ0v) is 9.03. The SMILES string of the molecule is COC(=O)NCCc1coc2ccccc12. The third-order valence-electron chi connectivity index (χ3n) is 2.41. The highest BCUT2D eigenvalue weighted by atomic mass is 16.5. The Kier molecular flexibility index (Phi) is 3.10. The van der Waals surface area contributed by atoms with Crippen LogP contribution < -0.4 is 5.32 Å². The van der Waals surface area contributed by atoms with Crippen LogP contribution in [0.2, 0.25) is 0 Å². The van der Waals surface area contributed by atoms with Gasteiger partial charge in [-0.3, -0.25) is 0 Å². The summed E-state index contributed by atoms with van der Waals surface area (Å²) in [5, 5.41) is 3.72. The Morgan fingerprint density at radius 2 is 2.25 bits per heavy atom. The quantitative estimate of drug-likeness (QED) is 0.861. The van der Waals surface area contributed by atoms with E-state index in [2.05, 4.69) is 10.1 Å². The lowest BCUT2D eigenvalue weighted by Gasteiger charge is -2.01. The number of nitrogens with one attached hydrogen (secondary N) is 1. The van der Waals surface area contributed by atoms with Crippen LogP contribution in [0.25, 0.3) is 11.0 Å². The van der Waals surface area contributed by atoms with Crippen molar-refractivity contribution in [3.8, 4) is 0 Å². The Hall–Kier alpha value is -1.97. The van der Waals surface area contributed by atoms with Gasteiger partial charge in [-0.05, 0) is 18.1 Å². The minimum atomic E-state index is -0.409. The van der Waals surface area contributed by atoms with E-state index in [0.717, 1.165) is 23.0 Å². The number of amides is 1. The topological polar surface area (TPSA) is 51.5 Å². The maximum Gasteiger partial charge on any atom is 0.406 e. The van der Waals surface area contributed by atoms with Gasteiger partial charge in [0.05, 0.1) is 13.4 Å². The van der Waals surface area contributed by atoms with Crippen LogP contribution in [0.15, 0.2) is 34.9 Å². The maximum atomic E-state index is 10.8. The zero-order chi connectivity index (χ0) is 11.4. The Labute approximate surface area is 93.2 Å². The second-order valence-electron chi connectivity index (χ2n) is 3.43. The average Bonchev–Trinajstić information content (AvgIpc) is 2.73. The van der Waals surface area contributed by atoms with Crippen LogP contribution in [-0.4, -0.2) is 19.7 Å². The third-order valence-corrected chi connectivity index (χ3v) is 2.41. The molecule has 1 aromatic heterocycles. The van der Waals surface area contributed by atoms with Crippen LogP contribution >= 0.6 is 0 Å². The molecule has 16 heavy (non-hydrogen) atoms. The van der Waals surface area contributed by atoms with Crippen molar-refractivity contribution in [3.05, 3.63) is 36.1 Å². The molecule has 0 saturated heterocycles. The van der Waals surface area contributed by atoms with E-state index in [1.165, 1.54) is 7.11 Å². The summed E-state index contributed by atoms with van der Waals surface area (Å²) in [5.41, 5.74) is 1.96. The number of carbonyl (C=O) groups is 1. The predicted octanol–water partition coefficient (Wildman–Crippen LogP) is 2.33. The molecule has 0 unspecified atom stereocenters. The van der Waals surface area contributed by atoms with Crippen molar-refractivity contribution in [2.24, 2.45) is 0 Å². The number of rotatable bonds is 3. The van der Waals surface area contributed by atoms with Gasteiger partial charge in [0.2, 0.25) is 0 Å². The van der Waals surface area contributed by atoms with Crippen LogP contribution in [0.5, 0.6) is 0 Å². The van der Waals surface area contributed by atoms with E-state index in [1.54, 1.807) is 6.26 Å². The Bertz CT molecular complexity index is 490. The normalized spacial score (nSPS) is 10.3. The minimum absolute atomic E-state index is 0.409. The first-order valence-corrected chi connectivity index (χ1v) is 5.08. The molecule has 0 bridgehead atoms. The van der Waals surface area contributed by atoms with Crippen LogP contribution in [0, 0.1) is 0 Å². The largest absolute Gasteiger partial charge is 0.464 e. The summed E-state index contributed by atoms with van der Waals surface area (Å²) in [5.74, 6) is 0. The van der Waals surface area contributed by atoms with Crippen molar-refractivity contribution in [1.82, 2.24) is 5.32 Å². The predicted molar refractivity (Wildman–Crippen MR) is 60.3 cm³/mol. The van der Waals surface area contributed by atoms with Gasteiger partial charge in [-0.15, -0.1) is 0 Å². The second kappa shape index (κ2) is 4.70. The molecule has 0 atom stereocenters. The highest BCUT2D eigenvalue weighted by molar-refractivity contribution is 5.80. The second-order valence-corrected chi connectivity index (χ2v) is 3.43. The van der Waals surface area contributed by atoms with E-state index in [1.807, 2.05) is 24.3 Å². The van der Waals surface area contributed by atoms with E-state index in [4.69, 9.17) is 4.42 Å². The summed E-state index contributed by atoms with van der Waals surface area (Å²) in [7, 11) is 1.35.